The molecule has 28 heavy (non-hydrogen) atoms. The van der Waals surface area contributed by atoms with E-state index in [1.165, 1.54) is 0 Å². The predicted molar refractivity (Wildman–Crippen MR) is 108 cm³/mol. The summed E-state index contributed by atoms with van der Waals surface area (Å²) in [7, 11) is 0. The standard InChI is InChI=1S/C20H25N7O/c1-19(2)11-27(12-20(3,4)26-19)18-21-10-16(24-25-18)15-6-5-13(7-17(15)28)14-8-22-23-9-14/h5-10,26,28H,11-12H2,1-4H3,(H,22,23). The number of hydrogen-bond donors (Lipinski definition) is 3. The first kappa shape index (κ1) is 18.4. The molecule has 0 amide bonds. The molecule has 3 heterocycles. The fourth-order valence-electron chi connectivity index (χ4n) is 4.02. The number of rotatable bonds is 3. The summed E-state index contributed by atoms with van der Waals surface area (Å²) in [6, 6.07) is 5.42. The van der Waals surface area contributed by atoms with E-state index in [0.717, 1.165) is 24.2 Å². The van der Waals surface area contributed by atoms with Crippen LogP contribution in [0.1, 0.15) is 27.7 Å². The molecule has 8 nitrogen and oxygen atoms in total. The normalized spacial score (nSPS) is 18.2. The summed E-state index contributed by atoms with van der Waals surface area (Å²) in [5, 5.41) is 29.4. The average Bonchev–Trinajstić information content (AvgIpc) is 3.14. The van der Waals surface area contributed by atoms with Crippen LogP contribution in [0, 0.1) is 0 Å². The molecular formula is C20H25N7O. The summed E-state index contributed by atoms with van der Waals surface area (Å²) in [6.07, 6.45) is 5.15. The zero-order valence-corrected chi connectivity index (χ0v) is 16.6. The van der Waals surface area contributed by atoms with Gasteiger partial charge in [-0.25, -0.2) is 4.98 Å². The van der Waals surface area contributed by atoms with Crippen molar-refractivity contribution in [1.29, 1.82) is 0 Å². The largest absolute Gasteiger partial charge is 0.507 e. The van der Waals surface area contributed by atoms with Crippen LogP contribution in [0.25, 0.3) is 22.4 Å². The van der Waals surface area contributed by atoms with Crippen molar-refractivity contribution in [3.05, 3.63) is 36.8 Å². The highest BCUT2D eigenvalue weighted by atomic mass is 16.3. The molecule has 0 spiro atoms. The zero-order chi connectivity index (χ0) is 19.9. The maximum absolute atomic E-state index is 10.5. The first-order chi connectivity index (χ1) is 13.2. The smallest absolute Gasteiger partial charge is 0.245 e. The second-order valence-electron chi connectivity index (χ2n) is 8.61. The first-order valence-electron chi connectivity index (χ1n) is 9.29. The Hall–Kier alpha value is -3.00. The number of phenols is 1. The minimum atomic E-state index is -0.0506. The van der Waals surface area contributed by atoms with Gasteiger partial charge in [-0.05, 0) is 45.4 Å². The van der Waals surface area contributed by atoms with Gasteiger partial charge >= 0.3 is 0 Å². The minimum Gasteiger partial charge on any atom is -0.507 e. The van der Waals surface area contributed by atoms with E-state index in [-0.39, 0.29) is 16.8 Å². The predicted octanol–water partition coefficient (Wildman–Crippen LogP) is 2.60. The lowest BCUT2D eigenvalue weighted by Gasteiger charge is -2.48. The van der Waals surface area contributed by atoms with E-state index in [1.807, 2.05) is 12.1 Å². The number of H-pyrrole nitrogens is 1. The minimum absolute atomic E-state index is 0.0506. The molecule has 1 aliphatic heterocycles. The Morgan fingerprint density at radius 2 is 1.75 bits per heavy atom. The highest BCUT2D eigenvalue weighted by Gasteiger charge is 2.37. The number of aromatic hydroxyl groups is 1. The molecule has 1 aliphatic rings. The number of aromatic nitrogens is 5. The molecule has 3 N–H and O–H groups in total. The van der Waals surface area contributed by atoms with E-state index in [0.29, 0.717) is 17.2 Å². The van der Waals surface area contributed by atoms with Gasteiger partial charge < -0.3 is 15.3 Å². The Labute approximate surface area is 164 Å². The van der Waals surface area contributed by atoms with Crippen LogP contribution in [0.2, 0.25) is 0 Å². The lowest BCUT2D eigenvalue weighted by atomic mass is 9.92. The van der Waals surface area contributed by atoms with E-state index >= 15 is 0 Å². The van der Waals surface area contributed by atoms with Crippen molar-refractivity contribution in [3.8, 4) is 28.1 Å². The van der Waals surface area contributed by atoms with E-state index in [9.17, 15) is 5.11 Å². The summed E-state index contributed by atoms with van der Waals surface area (Å²) in [5.74, 6) is 0.730. The molecule has 0 radical (unpaired) electrons. The summed E-state index contributed by atoms with van der Waals surface area (Å²) < 4.78 is 0. The zero-order valence-electron chi connectivity index (χ0n) is 16.6. The lowest BCUT2D eigenvalue weighted by Crippen LogP contribution is -2.67. The first-order valence-corrected chi connectivity index (χ1v) is 9.29. The Kier molecular flexibility index (Phi) is 4.30. The number of phenolic OH excluding ortho intramolecular Hbond substituents is 1. The molecule has 0 unspecified atom stereocenters. The monoisotopic (exact) mass is 379 g/mol. The number of anilines is 1. The van der Waals surface area contributed by atoms with Gasteiger partial charge in [0.2, 0.25) is 5.95 Å². The van der Waals surface area contributed by atoms with Crippen LogP contribution in [0.3, 0.4) is 0 Å². The number of hydrogen-bond acceptors (Lipinski definition) is 7. The second kappa shape index (κ2) is 6.56. The van der Waals surface area contributed by atoms with Crippen molar-refractivity contribution >= 4 is 5.95 Å². The molecular weight excluding hydrogens is 354 g/mol. The van der Waals surface area contributed by atoms with Gasteiger partial charge in [0.25, 0.3) is 0 Å². The lowest BCUT2D eigenvalue weighted by molar-refractivity contribution is 0.224. The fourth-order valence-corrected chi connectivity index (χ4v) is 4.02. The van der Waals surface area contributed by atoms with Crippen LogP contribution in [-0.2, 0) is 0 Å². The molecule has 4 rings (SSSR count). The molecule has 8 heteroatoms. The van der Waals surface area contributed by atoms with Gasteiger partial charge in [0, 0.05) is 41.5 Å². The summed E-state index contributed by atoms with van der Waals surface area (Å²) in [6.45, 7) is 10.3. The Balaban J connectivity index is 1.58. The number of piperazine rings is 1. The van der Waals surface area contributed by atoms with Gasteiger partial charge in [-0.15, -0.1) is 10.2 Å². The quantitative estimate of drug-likeness (QED) is 0.643. The van der Waals surface area contributed by atoms with E-state index in [1.54, 1.807) is 24.7 Å². The molecule has 0 saturated carbocycles. The SMILES string of the molecule is CC1(C)CN(c2ncc(-c3ccc(-c4cn[nH]c4)cc3O)nn2)CC(C)(C)N1. The van der Waals surface area contributed by atoms with Gasteiger partial charge in [-0.2, -0.15) is 5.10 Å². The van der Waals surface area contributed by atoms with Crippen LogP contribution in [-0.4, -0.2) is 54.7 Å². The molecule has 3 aromatic rings. The number of nitrogens with one attached hydrogen (secondary N) is 2. The number of benzene rings is 1. The third kappa shape index (κ3) is 3.68. The van der Waals surface area contributed by atoms with Crippen LogP contribution in [0.15, 0.2) is 36.8 Å². The number of aromatic amines is 1. The molecule has 1 saturated heterocycles. The number of nitrogens with zero attached hydrogens (tertiary/aromatic N) is 5. The summed E-state index contributed by atoms with van der Waals surface area (Å²) >= 11 is 0. The summed E-state index contributed by atoms with van der Waals surface area (Å²) in [4.78, 5) is 6.67. The van der Waals surface area contributed by atoms with Gasteiger partial charge in [-0.1, -0.05) is 6.07 Å². The van der Waals surface area contributed by atoms with Crippen molar-refractivity contribution in [3.63, 3.8) is 0 Å². The molecule has 1 fully saturated rings. The van der Waals surface area contributed by atoms with Crippen molar-refractivity contribution < 1.29 is 5.11 Å². The van der Waals surface area contributed by atoms with Crippen molar-refractivity contribution in [2.24, 2.45) is 0 Å². The van der Waals surface area contributed by atoms with Crippen LogP contribution >= 0.6 is 0 Å². The third-order valence-electron chi connectivity index (χ3n) is 4.79. The van der Waals surface area contributed by atoms with Crippen molar-refractivity contribution in [1.82, 2.24) is 30.7 Å². The van der Waals surface area contributed by atoms with Crippen molar-refractivity contribution in [2.75, 3.05) is 18.0 Å². The van der Waals surface area contributed by atoms with Crippen LogP contribution in [0.5, 0.6) is 5.75 Å². The molecule has 2 aromatic heterocycles. The molecule has 0 atom stereocenters. The Morgan fingerprint density at radius 1 is 1.00 bits per heavy atom. The van der Waals surface area contributed by atoms with Gasteiger partial charge in [-0.3, -0.25) is 5.10 Å². The fraction of sp³-hybridized carbons (Fsp3) is 0.400. The van der Waals surface area contributed by atoms with Gasteiger partial charge in [0.05, 0.1) is 12.4 Å². The van der Waals surface area contributed by atoms with Crippen molar-refractivity contribution in [2.45, 2.75) is 38.8 Å². The molecule has 146 valence electrons. The topological polar surface area (TPSA) is 103 Å². The molecule has 1 aromatic carbocycles. The van der Waals surface area contributed by atoms with E-state index in [2.05, 4.69) is 63.3 Å². The van der Waals surface area contributed by atoms with E-state index in [4.69, 9.17) is 0 Å². The highest BCUT2D eigenvalue weighted by molar-refractivity contribution is 5.73. The Bertz CT molecular complexity index is 949. The van der Waals surface area contributed by atoms with Gasteiger partial charge in [0.15, 0.2) is 0 Å². The van der Waals surface area contributed by atoms with Crippen LogP contribution in [0.4, 0.5) is 5.95 Å². The second-order valence-corrected chi connectivity index (χ2v) is 8.61. The average molecular weight is 379 g/mol. The maximum atomic E-state index is 10.5. The summed E-state index contributed by atoms with van der Waals surface area (Å²) in [5.41, 5.74) is 2.81. The maximum Gasteiger partial charge on any atom is 0.245 e. The highest BCUT2D eigenvalue weighted by Crippen LogP contribution is 2.32. The van der Waals surface area contributed by atoms with Crippen LogP contribution < -0.4 is 10.2 Å². The molecule has 0 aliphatic carbocycles. The Morgan fingerprint density at radius 3 is 2.32 bits per heavy atom. The third-order valence-corrected chi connectivity index (χ3v) is 4.79. The van der Waals surface area contributed by atoms with Gasteiger partial charge in [0.1, 0.15) is 11.4 Å². The molecule has 0 bridgehead atoms. The van der Waals surface area contributed by atoms with E-state index < -0.39 is 0 Å².